The molecular formula is C16H18FNOS. The first kappa shape index (κ1) is 14.7. The zero-order valence-electron chi connectivity index (χ0n) is 11.4. The summed E-state index contributed by atoms with van der Waals surface area (Å²) >= 11 is 1.63. The maximum absolute atomic E-state index is 12.9. The molecule has 1 N–H and O–H groups in total. The minimum absolute atomic E-state index is 0.0366. The van der Waals surface area contributed by atoms with Crippen LogP contribution in [0.25, 0.3) is 0 Å². The van der Waals surface area contributed by atoms with Crippen LogP contribution in [0.3, 0.4) is 0 Å². The Morgan fingerprint density at radius 3 is 2.65 bits per heavy atom. The van der Waals surface area contributed by atoms with Crippen molar-refractivity contribution in [2.45, 2.75) is 32.2 Å². The standard InChI is InChI=1S/C16H18FNOS/c1-2-12(13-5-7-14(17)8-6-13)10-16(19)18-11-15-4-3-9-20-15/h3-9,12H,2,10-11H2,1H3,(H,18,19). The Bertz CT molecular complexity index is 536. The summed E-state index contributed by atoms with van der Waals surface area (Å²) in [6.07, 6.45) is 1.30. The maximum Gasteiger partial charge on any atom is 0.220 e. The molecule has 1 aromatic carbocycles. The van der Waals surface area contributed by atoms with Crippen molar-refractivity contribution in [2.24, 2.45) is 0 Å². The van der Waals surface area contributed by atoms with Crippen molar-refractivity contribution in [2.75, 3.05) is 0 Å². The molecule has 0 aliphatic heterocycles. The summed E-state index contributed by atoms with van der Waals surface area (Å²) in [6.45, 7) is 2.62. The van der Waals surface area contributed by atoms with Crippen molar-refractivity contribution in [3.05, 3.63) is 58.0 Å². The largest absolute Gasteiger partial charge is 0.351 e. The van der Waals surface area contributed by atoms with Crippen LogP contribution >= 0.6 is 11.3 Å². The van der Waals surface area contributed by atoms with Crippen molar-refractivity contribution in [1.82, 2.24) is 5.32 Å². The summed E-state index contributed by atoms with van der Waals surface area (Å²) in [5.74, 6) is -0.0701. The van der Waals surface area contributed by atoms with E-state index in [4.69, 9.17) is 0 Å². The van der Waals surface area contributed by atoms with Gasteiger partial charge in [0.15, 0.2) is 0 Å². The molecule has 0 bridgehead atoms. The Kier molecular flexibility index (Phi) is 5.30. The van der Waals surface area contributed by atoms with Gasteiger partial charge < -0.3 is 5.32 Å². The highest BCUT2D eigenvalue weighted by Crippen LogP contribution is 2.23. The molecule has 0 spiro atoms. The molecule has 20 heavy (non-hydrogen) atoms. The first-order chi connectivity index (χ1) is 9.69. The number of halogens is 1. The van der Waals surface area contributed by atoms with Gasteiger partial charge in [0, 0.05) is 11.3 Å². The van der Waals surface area contributed by atoms with Crippen molar-refractivity contribution < 1.29 is 9.18 Å². The maximum atomic E-state index is 12.9. The number of benzene rings is 1. The number of thiophene rings is 1. The fourth-order valence-electron chi connectivity index (χ4n) is 2.13. The average molecular weight is 291 g/mol. The van der Waals surface area contributed by atoms with Gasteiger partial charge in [0.1, 0.15) is 5.82 Å². The van der Waals surface area contributed by atoms with E-state index in [-0.39, 0.29) is 17.6 Å². The van der Waals surface area contributed by atoms with Gasteiger partial charge >= 0.3 is 0 Å². The lowest BCUT2D eigenvalue weighted by atomic mass is 9.93. The highest BCUT2D eigenvalue weighted by molar-refractivity contribution is 7.09. The van der Waals surface area contributed by atoms with Gasteiger partial charge in [0.05, 0.1) is 6.54 Å². The van der Waals surface area contributed by atoms with Gasteiger partial charge in [-0.2, -0.15) is 0 Å². The van der Waals surface area contributed by atoms with Crippen LogP contribution in [0, 0.1) is 5.82 Å². The highest BCUT2D eigenvalue weighted by Gasteiger charge is 2.14. The normalized spacial score (nSPS) is 12.1. The Hall–Kier alpha value is -1.68. The molecule has 2 aromatic rings. The van der Waals surface area contributed by atoms with E-state index in [9.17, 15) is 9.18 Å². The molecule has 4 heteroatoms. The zero-order valence-corrected chi connectivity index (χ0v) is 12.3. The van der Waals surface area contributed by atoms with E-state index in [1.807, 2.05) is 24.4 Å². The molecule has 1 amide bonds. The monoisotopic (exact) mass is 291 g/mol. The van der Waals surface area contributed by atoms with E-state index in [0.717, 1.165) is 16.9 Å². The SMILES string of the molecule is CCC(CC(=O)NCc1cccs1)c1ccc(F)cc1. The first-order valence-corrected chi connectivity index (χ1v) is 7.61. The molecule has 2 nitrogen and oxygen atoms in total. The van der Waals surface area contributed by atoms with Crippen LogP contribution in [0.4, 0.5) is 4.39 Å². The molecule has 0 saturated heterocycles. The predicted molar refractivity (Wildman–Crippen MR) is 80.2 cm³/mol. The van der Waals surface area contributed by atoms with Gasteiger partial charge in [-0.3, -0.25) is 4.79 Å². The minimum atomic E-state index is -0.245. The third kappa shape index (κ3) is 4.17. The summed E-state index contributed by atoms with van der Waals surface area (Å²) in [7, 11) is 0. The lowest BCUT2D eigenvalue weighted by molar-refractivity contribution is -0.121. The number of rotatable bonds is 6. The lowest BCUT2D eigenvalue weighted by Gasteiger charge is -2.15. The number of amides is 1. The van der Waals surface area contributed by atoms with Crippen LogP contribution in [0.2, 0.25) is 0 Å². The number of hydrogen-bond donors (Lipinski definition) is 1. The van der Waals surface area contributed by atoms with Crippen LogP contribution in [-0.2, 0) is 11.3 Å². The summed E-state index contributed by atoms with van der Waals surface area (Å²) in [5, 5.41) is 4.92. The van der Waals surface area contributed by atoms with Crippen molar-refractivity contribution in [3.8, 4) is 0 Å². The van der Waals surface area contributed by atoms with E-state index >= 15 is 0 Å². The predicted octanol–water partition coefficient (Wildman–Crippen LogP) is 4.09. The number of nitrogens with one attached hydrogen (secondary N) is 1. The summed E-state index contributed by atoms with van der Waals surface area (Å²) < 4.78 is 12.9. The average Bonchev–Trinajstić information content (AvgIpc) is 2.97. The molecule has 1 unspecified atom stereocenters. The smallest absolute Gasteiger partial charge is 0.220 e. The minimum Gasteiger partial charge on any atom is -0.351 e. The summed E-state index contributed by atoms with van der Waals surface area (Å²) in [4.78, 5) is 13.1. The Labute approximate surface area is 122 Å². The Balaban J connectivity index is 1.89. The zero-order chi connectivity index (χ0) is 14.4. The van der Waals surface area contributed by atoms with E-state index in [1.54, 1.807) is 23.5 Å². The van der Waals surface area contributed by atoms with Gasteiger partial charge in [-0.1, -0.05) is 25.1 Å². The molecule has 106 valence electrons. The van der Waals surface area contributed by atoms with Crippen molar-refractivity contribution in [1.29, 1.82) is 0 Å². The fourth-order valence-corrected chi connectivity index (χ4v) is 2.77. The molecule has 0 fully saturated rings. The van der Waals surface area contributed by atoms with E-state index in [1.165, 1.54) is 12.1 Å². The quantitative estimate of drug-likeness (QED) is 0.853. The fraction of sp³-hybridized carbons (Fsp3) is 0.312. The molecular weight excluding hydrogens is 273 g/mol. The third-order valence-electron chi connectivity index (χ3n) is 3.31. The molecule has 2 rings (SSSR count). The van der Waals surface area contributed by atoms with Crippen LogP contribution in [0.15, 0.2) is 41.8 Å². The summed E-state index contributed by atoms with van der Waals surface area (Å²) in [5.41, 5.74) is 1.01. The van der Waals surface area contributed by atoms with Gasteiger partial charge in [0.2, 0.25) is 5.91 Å². The highest BCUT2D eigenvalue weighted by atomic mass is 32.1. The molecule has 1 atom stereocenters. The van der Waals surface area contributed by atoms with Gasteiger partial charge in [-0.05, 0) is 41.5 Å². The van der Waals surface area contributed by atoms with Crippen LogP contribution in [-0.4, -0.2) is 5.91 Å². The molecule has 1 aromatic heterocycles. The van der Waals surface area contributed by atoms with Gasteiger partial charge in [-0.15, -0.1) is 11.3 Å². The van der Waals surface area contributed by atoms with Crippen LogP contribution in [0.1, 0.15) is 36.1 Å². The topological polar surface area (TPSA) is 29.1 Å². The number of carbonyl (C=O) groups is 1. The van der Waals surface area contributed by atoms with Gasteiger partial charge in [0.25, 0.3) is 0 Å². The van der Waals surface area contributed by atoms with Crippen LogP contribution in [0.5, 0.6) is 0 Å². The summed E-state index contributed by atoms with van der Waals surface area (Å²) in [6, 6.07) is 10.4. The lowest BCUT2D eigenvalue weighted by Crippen LogP contribution is -2.24. The molecule has 0 radical (unpaired) electrons. The second-order valence-electron chi connectivity index (χ2n) is 4.72. The number of hydrogen-bond acceptors (Lipinski definition) is 2. The van der Waals surface area contributed by atoms with E-state index in [2.05, 4.69) is 5.32 Å². The molecule has 0 saturated carbocycles. The second-order valence-corrected chi connectivity index (χ2v) is 5.75. The number of carbonyl (C=O) groups excluding carboxylic acids is 1. The molecule has 1 heterocycles. The van der Waals surface area contributed by atoms with Crippen molar-refractivity contribution >= 4 is 17.2 Å². The Morgan fingerprint density at radius 2 is 2.05 bits per heavy atom. The third-order valence-corrected chi connectivity index (χ3v) is 4.18. The van der Waals surface area contributed by atoms with Crippen molar-refractivity contribution in [3.63, 3.8) is 0 Å². The second kappa shape index (κ2) is 7.20. The molecule has 0 aliphatic carbocycles. The molecule has 0 aliphatic rings. The van der Waals surface area contributed by atoms with E-state index in [0.29, 0.717) is 13.0 Å². The van der Waals surface area contributed by atoms with Crippen LogP contribution < -0.4 is 5.32 Å². The first-order valence-electron chi connectivity index (χ1n) is 6.73. The van der Waals surface area contributed by atoms with E-state index < -0.39 is 0 Å². The van der Waals surface area contributed by atoms with Gasteiger partial charge in [-0.25, -0.2) is 4.39 Å². The Morgan fingerprint density at radius 1 is 1.30 bits per heavy atom.